The van der Waals surface area contributed by atoms with Gasteiger partial charge in [-0.1, -0.05) is 24.6 Å². The van der Waals surface area contributed by atoms with Crippen molar-refractivity contribution in [2.45, 2.75) is 33.2 Å². The first-order valence-electron chi connectivity index (χ1n) is 5.42. The predicted octanol–water partition coefficient (Wildman–Crippen LogP) is 3.55. The fourth-order valence-corrected chi connectivity index (χ4v) is 2.04. The van der Waals surface area contributed by atoms with Gasteiger partial charge in [0.05, 0.1) is 16.4 Å². The number of hydrogen-bond acceptors (Lipinski definition) is 2. The highest BCUT2D eigenvalue weighted by molar-refractivity contribution is 6.34. The van der Waals surface area contributed by atoms with E-state index in [1.165, 1.54) is 0 Å². The lowest BCUT2D eigenvalue weighted by Crippen LogP contribution is -2.33. The molecular weight excluding hydrogens is 208 g/mol. The van der Waals surface area contributed by atoms with Crippen LogP contribution in [0, 0.1) is 0 Å². The summed E-state index contributed by atoms with van der Waals surface area (Å²) in [6.07, 6.45) is 1.08. The molecule has 0 aliphatic carbocycles. The molecule has 2 N–H and O–H groups in total. The molecule has 0 aliphatic heterocycles. The number of hydrogen-bond donors (Lipinski definition) is 1. The van der Waals surface area contributed by atoms with E-state index in [-0.39, 0.29) is 0 Å². The van der Waals surface area contributed by atoms with Crippen molar-refractivity contribution < 1.29 is 0 Å². The number of halogens is 1. The molecule has 84 valence electrons. The standard InChI is InChI=1S/C12H19ClN2/c1-4-9(3)15(5-2)12-10(13)7-6-8-11(12)14/h6-9H,4-5,14H2,1-3H3. The maximum absolute atomic E-state index is 6.18. The Morgan fingerprint density at radius 2 is 2.07 bits per heavy atom. The number of para-hydroxylation sites is 1. The van der Waals surface area contributed by atoms with Crippen LogP contribution in [-0.2, 0) is 0 Å². The first-order chi connectivity index (χ1) is 7.11. The highest BCUT2D eigenvalue weighted by Crippen LogP contribution is 2.33. The molecule has 2 nitrogen and oxygen atoms in total. The van der Waals surface area contributed by atoms with Gasteiger partial charge < -0.3 is 10.6 Å². The van der Waals surface area contributed by atoms with Crippen LogP contribution in [0.1, 0.15) is 27.2 Å². The van der Waals surface area contributed by atoms with Crippen molar-refractivity contribution in [1.82, 2.24) is 0 Å². The van der Waals surface area contributed by atoms with E-state index in [9.17, 15) is 0 Å². The molecule has 15 heavy (non-hydrogen) atoms. The topological polar surface area (TPSA) is 29.3 Å². The van der Waals surface area contributed by atoms with E-state index in [0.29, 0.717) is 6.04 Å². The summed E-state index contributed by atoms with van der Waals surface area (Å²) in [7, 11) is 0. The average molecular weight is 227 g/mol. The van der Waals surface area contributed by atoms with Crippen LogP contribution < -0.4 is 10.6 Å². The van der Waals surface area contributed by atoms with Gasteiger partial charge in [0, 0.05) is 12.6 Å². The summed E-state index contributed by atoms with van der Waals surface area (Å²) in [4.78, 5) is 2.25. The van der Waals surface area contributed by atoms with Gasteiger partial charge in [-0.05, 0) is 32.4 Å². The lowest BCUT2D eigenvalue weighted by Gasteiger charge is -2.31. The molecule has 0 aromatic heterocycles. The zero-order valence-electron chi connectivity index (χ0n) is 9.63. The van der Waals surface area contributed by atoms with Gasteiger partial charge in [-0.3, -0.25) is 0 Å². The molecule has 1 rings (SSSR count). The molecule has 1 unspecified atom stereocenters. The summed E-state index contributed by atoms with van der Waals surface area (Å²) in [6.45, 7) is 7.39. The van der Waals surface area contributed by atoms with Crippen molar-refractivity contribution in [3.8, 4) is 0 Å². The Hall–Kier alpha value is -0.890. The third-order valence-corrected chi connectivity index (χ3v) is 3.07. The van der Waals surface area contributed by atoms with Crippen molar-refractivity contribution in [1.29, 1.82) is 0 Å². The Morgan fingerprint density at radius 3 is 2.53 bits per heavy atom. The zero-order valence-corrected chi connectivity index (χ0v) is 10.4. The van der Waals surface area contributed by atoms with Gasteiger partial charge in [0.1, 0.15) is 0 Å². The molecule has 0 fully saturated rings. The molecule has 3 heteroatoms. The van der Waals surface area contributed by atoms with E-state index in [1.54, 1.807) is 0 Å². The zero-order chi connectivity index (χ0) is 11.4. The average Bonchev–Trinajstić information content (AvgIpc) is 2.22. The molecule has 1 aromatic rings. The fraction of sp³-hybridized carbons (Fsp3) is 0.500. The highest BCUT2D eigenvalue weighted by Gasteiger charge is 2.16. The number of rotatable bonds is 4. The van der Waals surface area contributed by atoms with Crippen LogP contribution in [0.3, 0.4) is 0 Å². The van der Waals surface area contributed by atoms with Gasteiger partial charge >= 0.3 is 0 Å². The molecule has 0 spiro atoms. The first kappa shape index (κ1) is 12.2. The second-order valence-electron chi connectivity index (χ2n) is 3.72. The van der Waals surface area contributed by atoms with Gasteiger partial charge in [0.2, 0.25) is 0 Å². The molecule has 1 aromatic carbocycles. The van der Waals surface area contributed by atoms with E-state index < -0.39 is 0 Å². The first-order valence-corrected chi connectivity index (χ1v) is 5.80. The number of nitrogen functional groups attached to an aromatic ring is 1. The highest BCUT2D eigenvalue weighted by atomic mass is 35.5. The summed E-state index contributed by atoms with van der Waals surface area (Å²) in [5, 5.41) is 0.733. The van der Waals surface area contributed by atoms with Crippen LogP contribution in [0.25, 0.3) is 0 Å². The molecule has 0 aliphatic rings. The maximum atomic E-state index is 6.18. The van der Waals surface area contributed by atoms with Crippen molar-refractivity contribution in [3.05, 3.63) is 23.2 Å². The summed E-state index contributed by atoms with van der Waals surface area (Å²) in [5.41, 5.74) is 7.69. The molecule has 0 heterocycles. The third-order valence-electron chi connectivity index (χ3n) is 2.77. The summed E-state index contributed by atoms with van der Waals surface area (Å²) in [5.74, 6) is 0. The van der Waals surface area contributed by atoms with Gasteiger partial charge in [0.15, 0.2) is 0 Å². The predicted molar refractivity (Wildman–Crippen MR) is 68.6 cm³/mol. The summed E-state index contributed by atoms with van der Waals surface area (Å²) >= 11 is 6.18. The van der Waals surface area contributed by atoms with Crippen LogP contribution in [0.15, 0.2) is 18.2 Å². The van der Waals surface area contributed by atoms with E-state index in [0.717, 1.165) is 29.4 Å². The second-order valence-corrected chi connectivity index (χ2v) is 4.13. The van der Waals surface area contributed by atoms with E-state index >= 15 is 0 Å². The summed E-state index contributed by atoms with van der Waals surface area (Å²) < 4.78 is 0. The Bertz CT molecular complexity index is 305. The van der Waals surface area contributed by atoms with Crippen molar-refractivity contribution >= 4 is 23.0 Å². The minimum absolute atomic E-state index is 0.456. The Morgan fingerprint density at radius 1 is 1.40 bits per heavy atom. The minimum atomic E-state index is 0.456. The number of nitrogens with zero attached hydrogens (tertiary/aromatic N) is 1. The minimum Gasteiger partial charge on any atom is -0.397 e. The molecule has 0 radical (unpaired) electrons. The van der Waals surface area contributed by atoms with Gasteiger partial charge in [0.25, 0.3) is 0 Å². The third kappa shape index (κ3) is 2.57. The van der Waals surface area contributed by atoms with E-state index in [4.69, 9.17) is 17.3 Å². The molecule has 0 bridgehead atoms. The SMILES string of the molecule is CCC(C)N(CC)c1c(N)cccc1Cl. The van der Waals surface area contributed by atoms with Gasteiger partial charge in [-0.25, -0.2) is 0 Å². The Kier molecular flexibility index (Phi) is 4.28. The maximum Gasteiger partial charge on any atom is 0.0791 e. The molecule has 0 saturated carbocycles. The van der Waals surface area contributed by atoms with Crippen LogP contribution in [-0.4, -0.2) is 12.6 Å². The Labute approximate surface area is 97.0 Å². The van der Waals surface area contributed by atoms with Crippen LogP contribution >= 0.6 is 11.6 Å². The number of anilines is 2. The largest absolute Gasteiger partial charge is 0.397 e. The molecule has 1 atom stereocenters. The molecular formula is C12H19ClN2. The fourth-order valence-electron chi connectivity index (χ4n) is 1.75. The van der Waals surface area contributed by atoms with Crippen LogP contribution in [0.2, 0.25) is 5.02 Å². The smallest absolute Gasteiger partial charge is 0.0791 e. The lowest BCUT2D eigenvalue weighted by atomic mass is 10.1. The van der Waals surface area contributed by atoms with E-state index in [2.05, 4.69) is 25.7 Å². The van der Waals surface area contributed by atoms with Crippen LogP contribution in [0.5, 0.6) is 0 Å². The quantitative estimate of drug-likeness (QED) is 0.796. The van der Waals surface area contributed by atoms with Gasteiger partial charge in [-0.15, -0.1) is 0 Å². The number of benzene rings is 1. The van der Waals surface area contributed by atoms with Crippen LogP contribution in [0.4, 0.5) is 11.4 Å². The normalized spacial score (nSPS) is 12.5. The number of nitrogens with two attached hydrogens (primary N) is 1. The van der Waals surface area contributed by atoms with E-state index in [1.807, 2.05) is 18.2 Å². The second kappa shape index (κ2) is 5.26. The van der Waals surface area contributed by atoms with Crippen molar-refractivity contribution in [3.63, 3.8) is 0 Å². The lowest BCUT2D eigenvalue weighted by molar-refractivity contribution is 0.631. The monoisotopic (exact) mass is 226 g/mol. The van der Waals surface area contributed by atoms with Crippen molar-refractivity contribution in [2.75, 3.05) is 17.2 Å². The van der Waals surface area contributed by atoms with Gasteiger partial charge in [-0.2, -0.15) is 0 Å². The Balaban J connectivity index is 3.11. The molecule has 0 saturated heterocycles. The summed E-state index contributed by atoms with van der Waals surface area (Å²) in [6, 6.07) is 6.12. The molecule has 0 amide bonds. The van der Waals surface area contributed by atoms with Crippen molar-refractivity contribution in [2.24, 2.45) is 0 Å².